The molecule has 0 amide bonds. The van der Waals surface area contributed by atoms with Gasteiger partial charge >= 0.3 is 0 Å². The van der Waals surface area contributed by atoms with Gasteiger partial charge in [0.1, 0.15) is 6.10 Å². The largest absolute Gasteiger partial charge is 0.493 e. The molecule has 0 radical (unpaired) electrons. The maximum Gasteiger partial charge on any atom is 0.205 e. The first-order valence-electron chi connectivity index (χ1n) is 6.54. The molecule has 1 rings (SSSR count). The first kappa shape index (κ1) is 15.2. The van der Waals surface area contributed by atoms with Crippen LogP contribution in [0, 0.1) is 11.3 Å². The second-order valence-electron chi connectivity index (χ2n) is 5.29. The second kappa shape index (κ2) is 5.41. The molecule has 0 aliphatic heterocycles. The molecule has 4 unspecified atom stereocenters. The molecule has 4 heteroatoms. The molecule has 4 atom stereocenters. The number of hydrogen-bond acceptors (Lipinski definition) is 4. The molecule has 18 heavy (non-hydrogen) atoms. The van der Waals surface area contributed by atoms with E-state index in [1.807, 2.05) is 20.8 Å². The smallest absolute Gasteiger partial charge is 0.205 e. The van der Waals surface area contributed by atoms with Crippen LogP contribution in [0.5, 0.6) is 0 Å². The Bertz CT molecular complexity index is 361. The van der Waals surface area contributed by atoms with Crippen molar-refractivity contribution in [1.82, 2.24) is 0 Å². The average Bonchev–Trinajstić information content (AvgIpc) is 2.39. The van der Waals surface area contributed by atoms with E-state index in [4.69, 9.17) is 4.74 Å². The van der Waals surface area contributed by atoms with Crippen molar-refractivity contribution < 1.29 is 19.7 Å². The normalized spacial score (nSPS) is 34.7. The highest BCUT2D eigenvalue weighted by Gasteiger charge is 2.51. The molecule has 2 N–H and O–H groups in total. The summed E-state index contributed by atoms with van der Waals surface area (Å²) in [5.41, 5.74) is -0.440. The predicted molar refractivity (Wildman–Crippen MR) is 68.9 cm³/mol. The molecule has 1 aliphatic carbocycles. The number of ketones is 1. The highest BCUT2D eigenvalue weighted by molar-refractivity contribution is 6.00. The van der Waals surface area contributed by atoms with Crippen LogP contribution in [0.2, 0.25) is 0 Å². The number of allylic oxidation sites excluding steroid dienone is 1. The van der Waals surface area contributed by atoms with Gasteiger partial charge in [-0.2, -0.15) is 0 Å². The molecular weight excluding hydrogens is 232 g/mol. The van der Waals surface area contributed by atoms with E-state index in [9.17, 15) is 15.0 Å². The lowest BCUT2D eigenvalue weighted by molar-refractivity contribution is -0.143. The van der Waals surface area contributed by atoms with Gasteiger partial charge in [0.2, 0.25) is 5.78 Å². The van der Waals surface area contributed by atoms with Crippen LogP contribution in [0.4, 0.5) is 0 Å². The topological polar surface area (TPSA) is 66.8 Å². The van der Waals surface area contributed by atoms with Gasteiger partial charge in [-0.05, 0) is 25.7 Å². The fourth-order valence-electron chi connectivity index (χ4n) is 2.49. The Balaban J connectivity index is 3.38. The van der Waals surface area contributed by atoms with Gasteiger partial charge in [0.15, 0.2) is 5.76 Å². The van der Waals surface area contributed by atoms with E-state index in [-0.39, 0.29) is 17.5 Å². The van der Waals surface area contributed by atoms with E-state index in [0.29, 0.717) is 12.0 Å². The van der Waals surface area contributed by atoms with Crippen LogP contribution in [0.25, 0.3) is 0 Å². The summed E-state index contributed by atoms with van der Waals surface area (Å²) in [6, 6.07) is 0. The zero-order valence-corrected chi connectivity index (χ0v) is 11.9. The molecule has 0 fully saturated rings. The third-order valence-electron chi connectivity index (χ3n) is 4.34. The highest BCUT2D eigenvalue weighted by Crippen LogP contribution is 2.42. The van der Waals surface area contributed by atoms with E-state index >= 15 is 0 Å². The molecule has 0 aromatic heterocycles. The van der Waals surface area contributed by atoms with Crippen LogP contribution in [-0.4, -0.2) is 35.3 Å². The Labute approximate surface area is 109 Å². The number of carbonyl (C=O) groups is 1. The maximum atomic E-state index is 12.4. The molecule has 0 bridgehead atoms. The number of rotatable bonds is 4. The van der Waals surface area contributed by atoms with Crippen molar-refractivity contribution in [3.63, 3.8) is 0 Å². The van der Waals surface area contributed by atoms with E-state index < -0.39 is 17.6 Å². The van der Waals surface area contributed by atoms with Crippen LogP contribution < -0.4 is 0 Å². The fraction of sp³-hybridized carbons (Fsp3) is 0.786. The SMILES string of the molecule is CCC(C)C1=C(OC)C(=O)C(C)(CC)C(O)C1O. The summed E-state index contributed by atoms with van der Waals surface area (Å²) in [4.78, 5) is 12.4. The predicted octanol–water partition coefficient (Wildman–Crippen LogP) is 1.65. The number of hydrogen-bond donors (Lipinski definition) is 2. The molecule has 0 heterocycles. The van der Waals surface area contributed by atoms with Gasteiger partial charge in [-0.15, -0.1) is 0 Å². The molecule has 0 spiro atoms. The van der Waals surface area contributed by atoms with Crippen LogP contribution in [-0.2, 0) is 9.53 Å². The number of Topliss-reactive ketones (excluding diaryl/α,β-unsaturated/α-hetero) is 1. The maximum absolute atomic E-state index is 12.4. The standard InChI is InChI=1S/C14H24O4/c1-6-8(3)9-10(15)12(16)14(4,7-2)13(17)11(9)18-5/h8,10,12,15-16H,6-7H2,1-5H3. The van der Waals surface area contributed by atoms with Crippen molar-refractivity contribution in [2.45, 2.75) is 52.7 Å². The van der Waals surface area contributed by atoms with Crippen molar-refractivity contribution >= 4 is 5.78 Å². The van der Waals surface area contributed by atoms with Gasteiger partial charge < -0.3 is 14.9 Å². The lowest BCUT2D eigenvalue weighted by Crippen LogP contribution is -2.53. The average molecular weight is 256 g/mol. The minimum absolute atomic E-state index is 0.00922. The van der Waals surface area contributed by atoms with E-state index in [0.717, 1.165) is 6.42 Å². The van der Waals surface area contributed by atoms with Crippen molar-refractivity contribution in [2.24, 2.45) is 11.3 Å². The summed E-state index contributed by atoms with van der Waals surface area (Å²) in [5.74, 6) is 0.0297. The molecule has 4 nitrogen and oxygen atoms in total. The number of aliphatic hydroxyl groups excluding tert-OH is 2. The Morgan fingerprint density at radius 1 is 1.39 bits per heavy atom. The lowest BCUT2D eigenvalue weighted by Gasteiger charge is -2.42. The minimum atomic E-state index is -1.07. The quantitative estimate of drug-likeness (QED) is 0.802. The molecule has 0 aromatic rings. The second-order valence-corrected chi connectivity index (χ2v) is 5.29. The zero-order chi connectivity index (χ0) is 14.1. The summed E-state index contributed by atoms with van der Waals surface area (Å²) in [7, 11) is 1.44. The molecule has 1 aliphatic rings. The number of ether oxygens (including phenoxy) is 1. The lowest BCUT2D eigenvalue weighted by atomic mass is 9.67. The third kappa shape index (κ3) is 2.08. The number of methoxy groups -OCH3 is 1. The summed E-state index contributed by atoms with van der Waals surface area (Å²) in [5, 5.41) is 20.5. The van der Waals surface area contributed by atoms with E-state index in [1.54, 1.807) is 6.92 Å². The number of carbonyl (C=O) groups excluding carboxylic acids is 1. The third-order valence-corrected chi connectivity index (χ3v) is 4.34. The Kier molecular flexibility index (Phi) is 4.56. The zero-order valence-electron chi connectivity index (χ0n) is 11.9. The van der Waals surface area contributed by atoms with Crippen molar-refractivity contribution in [3.8, 4) is 0 Å². The van der Waals surface area contributed by atoms with Crippen LogP contribution >= 0.6 is 0 Å². The Morgan fingerprint density at radius 2 is 1.94 bits per heavy atom. The van der Waals surface area contributed by atoms with Gasteiger partial charge in [-0.1, -0.05) is 20.8 Å². The summed E-state index contributed by atoms with van der Waals surface area (Å²) in [6.07, 6.45) is -0.859. The summed E-state index contributed by atoms with van der Waals surface area (Å²) in [6.45, 7) is 7.40. The van der Waals surface area contributed by atoms with Gasteiger partial charge in [0.25, 0.3) is 0 Å². The van der Waals surface area contributed by atoms with E-state index in [1.165, 1.54) is 7.11 Å². The summed E-state index contributed by atoms with van der Waals surface area (Å²) < 4.78 is 5.21. The van der Waals surface area contributed by atoms with Crippen LogP contribution in [0.1, 0.15) is 40.5 Å². The Hall–Kier alpha value is -0.870. The van der Waals surface area contributed by atoms with E-state index in [2.05, 4.69) is 0 Å². The highest BCUT2D eigenvalue weighted by atomic mass is 16.5. The van der Waals surface area contributed by atoms with Crippen molar-refractivity contribution in [2.75, 3.05) is 7.11 Å². The molecule has 0 saturated carbocycles. The number of aliphatic hydroxyl groups is 2. The molecular formula is C14H24O4. The fourth-order valence-corrected chi connectivity index (χ4v) is 2.49. The monoisotopic (exact) mass is 256 g/mol. The van der Waals surface area contributed by atoms with Gasteiger partial charge in [0.05, 0.1) is 18.6 Å². The van der Waals surface area contributed by atoms with Gasteiger partial charge in [-0.25, -0.2) is 0 Å². The van der Waals surface area contributed by atoms with Gasteiger partial charge in [-0.3, -0.25) is 4.79 Å². The molecule has 104 valence electrons. The first-order chi connectivity index (χ1) is 8.34. The van der Waals surface area contributed by atoms with Gasteiger partial charge in [0, 0.05) is 5.57 Å². The molecule has 0 aromatic carbocycles. The van der Waals surface area contributed by atoms with Crippen molar-refractivity contribution in [3.05, 3.63) is 11.3 Å². The van der Waals surface area contributed by atoms with Crippen molar-refractivity contribution in [1.29, 1.82) is 0 Å². The summed E-state index contributed by atoms with van der Waals surface area (Å²) >= 11 is 0. The van der Waals surface area contributed by atoms with Crippen LogP contribution in [0.15, 0.2) is 11.3 Å². The Morgan fingerprint density at radius 3 is 2.33 bits per heavy atom. The first-order valence-corrected chi connectivity index (χ1v) is 6.54. The van der Waals surface area contributed by atoms with Crippen LogP contribution in [0.3, 0.4) is 0 Å². The molecule has 0 saturated heterocycles. The minimum Gasteiger partial charge on any atom is -0.493 e.